The Kier molecular flexibility index (Phi) is 49.2. The molecule has 13 atom stereocenters. The largest absolute Gasteiger partial charge is 0.395 e. The first-order valence-corrected chi connectivity index (χ1v) is 23.5. The Morgan fingerprint density at radius 1 is 0.371 bits per heavy atom. The number of nitrogens with one attached hydrogen (secondary N) is 6. The third-order valence-corrected chi connectivity index (χ3v) is 10.1. The van der Waals surface area contributed by atoms with E-state index in [0.717, 1.165) is 0 Å². The standard InChI is InChI=1S/C8H18N2O3.2C8H18N2O2.C7H17N3O.2C7H16N2O2/c1-4(2)6(10)8(13)7(12)5(11)3-9;1-5(2)8(10)7(12)3-6(11)4-9;1-5(2)7(10)8(12)6(11)3-4-9;1-4(2)6(10)7(11)5(9)3-8;1-4(2)6(9)7(11)5(8)3-10;1-4(2)6(9)7(11)5(10)3-8/h4-5,7-8,10-13H,3,9H2,1-2H3;5-7,10-12H,3-4,9H2,1-2H3;5-6,8,10-12H,3-4,9H2,1-2H3;4-5,7,10-11H,3,8-9H2,1-2H3;2*4-5,7,9-11H,3,8H2,1-2H3/t5?,7?,8-;6?,7-;6?,8-;3*5?,7-/m100000/s1. The van der Waals surface area contributed by atoms with Crippen molar-refractivity contribution in [1.82, 2.24) is 0 Å². The lowest BCUT2D eigenvalue weighted by Gasteiger charge is -2.23. The first kappa shape index (κ1) is 78.7. The van der Waals surface area contributed by atoms with Crippen molar-refractivity contribution in [3.8, 4) is 0 Å². The summed E-state index contributed by atoms with van der Waals surface area (Å²) in [5.41, 5.74) is 37.5. The molecular weight excluding hydrogens is 915 g/mol. The van der Waals surface area contributed by atoms with Crippen LogP contribution in [0.5, 0.6) is 0 Å². The number of aliphatic hydroxyl groups is 12. The van der Waals surface area contributed by atoms with Gasteiger partial charge in [-0.15, -0.1) is 0 Å². The molecule has 25 heteroatoms. The van der Waals surface area contributed by atoms with E-state index in [1.807, 2.05) is 27.7 Å². The maximum atomic E-state index is 9.37. The van der Waals surface area contributed by atoms with E-state index in [1.54, 1.807) is 55.4 Å². The lowest BCUT2D eigenvalue weighted by molar-refractivity contribution is -0.0312. The van der Waals surface area contributed by atoms with Gasteiger partial charge in [0.05, 0.1) is 43.2 Å². The molecule has 32 N–H and O–H groups in total. The van der Waals surface area contributed by atoms with Gasteiger partial charge in [0.15, 0.2) is 0 Å². The number of nitrogens with two attached hydrogens (primary N) is 7. The topological polar surface area (TPSA) is 568 Å². The smallest absolute Gasteiger partial charge is 0.120 e. The summed E-state index contributed by atoms with van der Waals surface area (Å²) >= 11 is 0. The molecular formula is C45H103N13O12. The van der Waals surface area contributed by atoms with Crippen LogP contribution in [0.4, 0.5) is 0 Å². The summed E-state index contributed by atoms with van der Waals surface area (Å²) in [5.74, 6) is -0.219. The maximum Gasteiger partial charge on any atom is 0.120 e. The lowest BCUT2D eigenvalue weighted by atomic mass is 9.96. The van der Waals surface area contributed by atoms with Crippen molar-refractivity contribution in [1.29, 1.82) is 32.5 Å². The van der Waals surface area contributed by atoms with Gasteiger partial charge < -0.3 is 134 Å². The fraction of sp³-hybridized carbons (Fsp3) is 0.867. The molecule has 0 radical (unpaired) electrons. The molecule has 0 fully saturated rings. The molecule has 0 aliphatic carbocycles. The Morgan fingerprint density at radius 3 is 0.943 bits per heavy atom. The number of aliphatic hydroxyl groups excluding tert-OH is 12. The highest BCUT2D eigenvalue weighted by Gasteiger charge is 2.28. The highest BCUT2D eigenvalue weighted by molar-refractivity contribution is 5.90. The zero-order valence-corrected chi connectivity index (χ0v) is 44.0. The van der Waals surface area contributed by atoms with Crippen LogP contribution in [0.1, 0.15) is 95.9 Å². The van der Waals surface area contributed by atoms with E-state index < -0.39 is 79.2 Å². The predicted octanol–water partition coefficient (Wildman–Crippen LogP) is -3.84. The molecule has 7 unspecified atom stereocenters. The van der Waals surface area contributed by atoms with Gasteiger partial charge >= 0.3 is 0 Å². The molecule has 420 valence electrons. The third-order valence-electron chi connectivity index (χ3n) is 10.1. The van der Waals surface area contributed by atoms with Crippen LogP contribution in [-0.4, -0.2) is 214 Å². The molecule has 0 heterocycles. The van der Waals surface area contributed by atoms with Crippen LogP contribution in [0.2, 0.25) is 0 Å². The van der Waals surface area contributed by atoms with Gasteiger partial charge in [-0.25, -0.2) is 0 Å². The number of hydrogen-bond acceptors (Lipinski definition) is 25. The molecule has 0 aromatic carbocycles. The van der Waals surface area contributed by atoms with E-state index in [0.29, 0.717) is 13.0 Å². The van der Waals surface area contributed by atoms with Gasteiger partial charge in [-0.3, -0.25) is 0 Å². The molecule has 0 spiro atoms. The van der Waals surface area contributed by atoms with Gasteiger partial charge in [-0.05, 0) is 48.5 Å². The van der Waals surface area contributed by atoms with Crippen LogP contribution in [0.25, 0.3) is 0 Å². The van der Waals surface area contributed by atoms with Gasteiger partial charge in [-0.1, -0.05) is 83.1 Å². The molecule has 0 aromatic rings. The Balaban J connectivity index is -0.000000176. The quantitative estimate of drug-likeness (QED) is 0.0350. The van der Waals surface area contributed by atoms with Crippen LogP contribution in [-0.2, 0) is 0 Å². The lowest BCUT2D eigenvalue weighted by Crippen LogP contribution is -2.46. The van der Waals surface area contributed by atoms with Crippen molar-refractivity contribution in [2.75, 3.05) is 39.3 Å². The zero-order valence-electron chi connectivity index (χ0n) is 44.0. The Labute approximate surface area is 417 Å². The normalized spacial score (nSPS) is 16.8. The fourth-order valence-electron chi connectivity index (χ4n) is 4.67. The molecule has 25 nitrogen and oxygen atoms in total. The van der Waals surface area contributed by atoms with Gasteiger partial charge in [0, 0.05) is 72.9 Å². The monoisotopic (exact) mass is 1020 g/mol. The highest BCUT2D eigenvalue weighted by Crippen LogP contribution is 2.09. The predicted molar refractivity (Wildman–Crippen MR) is 279 cm³/mol. The van der Waals surface area contributed by atoms with Crippen molar-refractivity contribution >= 4 is 34.3 Å². The van der Waals surface area contributed by atoms with Gasteiger partial charge in [0.25, 0.3) is 0 Å². The number of rotatable bonds is 27. The summed E-state index contributed by atoms with van der Waals surface area (Å²) in [6.07, 6.45) is -11.0. The minimum Gasteiger partial charge on any atom is -0.395 e. The SMILES string of the molecule is CC(C)C(=N)[C@@H](O)C(N)CN.CC(C)C(=N)[C@@H](O)C(N)CO.CC(C)C(=N)[C@@H](O)C(O)C(O)CN.CC(C)C(=N)[C@@H](O)C(O)CCN.CC(C)C(=N)[C@@H](O)C(O)CN.CC(C)C(=N)[C@@H](O)CC(O)CN. The first-order valence-electron chi connectivity index (χ1n) is 23.5. The summed E-state index contributed by atoms with van der Waals surface area (Å²) in [5, 5.41) is 154. The second-order valence-electron chi connectivity index (χ2n) is 18.5. The van der Waals surface area contributed by atoms with Crippen molar-refractivity contribution in [2.24, 2.45) is 75.6 Å². The second kappa shape index (κ2) is 43.8. The van der Waals surface area contributed by atoms with Crippen LogP contribution >= 0.6 is 0 Å². The van der Waals surface area contributed by atoms with Crippen molar-refractivity contribution in [3.63, 3.8) is 0 Å². The number of hydrogen-bond donors (Lipinski definition) is 25. The van der Waals surface area contributed by atoms with Gasteiger partial charge in [0.1, 0.15) is 36.6 Å². The van der Waals surface area contributed by atoms with Crippen LogP contribution < -0.4 is 40.1 Å². The molecule has 0 aromatic heterocycles. The van der Waals surface area contributed by atoms with E-state index in [9.17, 15) is 40.9 Å². The highest BCUT2D eigenvalue weighted by atomic mass is 16.4. The molecule has 70 heavy (non-hydrogen) atoms. The average molecular weight is 1020 g/mol. The summed E-state index contributed by atoms with van der Waals surface area (Å²) in [4.78, 5) is 0. The fourth-order valence-corrected chi connectivity index (χ4v) is 4.67. The molecule has 0 amide bonds. The Bertz CT molecular complexity index is 1320. The first-order chi connectivity index (χ1) is 31.9. The minimum absolute atomic E-state index is 0. The molecule has 0 saturated carbocycles. The van der Waals surface area contributed by atoms with Gasteiger partial charge in [-0.2, -0.15) is 0 Å². The van der Waals surface area contributed by atoms with E-state index in [1.165, 1.54) is 0 Å². The summed E-state index contributed by atoms with van der Waals surface area (Å²) in [6.45, 7) is 21.8. The Hall–Kier alpha value is -2.74. The van der Waals surface area contributed by atoms with Crippen LogP contribution in [0, 0.1) is 68.0 Å². The van der Waals surface area contributed by atoms with Crippen molar-refractivity contribution in [2.45, 2.75) is 175 Å². The summed E-state index contributed by atoms with van der Waals surface area (Å²) < 4.78 is 0. The zero-order chi connectivity index (χ0) is 57.1. The molecule has 0 aliphatic heterocycles. The third kappa shape index (κ3) is 36.2. The Morgan fingerprint density at radius 2 is 0.671 bits per heavy atom. The van der Waals surface area contributed by atoms with E-state index >= 15 is 0 Å². The van der Waals surface area contributed by atoms with Crippen LogP contribution in [0.15, 0.2) is 0 Å². The summed E-state index contributed by atoms with van der Waals surface area (Å²) in [7, 11) is 0. The molecule has 0 bridgehead atoms. The molecule has 0 aliphatic rings. The minimum atomic E-state index is -1.38. The molecule has 0 rings (SSSR count). The average Bonchev–Trinajstić information content (AvgIpc) is 3.32. The van der Waals surface area contributed by atoms with E-state index in [2.05, 4.69) is 0 Å². The van der Waals surface area contributed by atoms with Crippen molar-refractivity contribution in [3.05, 3.63) is 0 Å². The maximum absolute atomic E-state index is 9.37. The van der Waals surface area contributed by atoms with Crippen molar-refractivity contribution < 1.29 is 61.3 Å². The van der Waals surface area contributed by atoms with E-state index in [-0.39, 0.29) is 109 Å². The van der Waals surface area contributed by atoms with Gasteiger partial charge in [0.2, 0.25) is 0 Å². The summed E-state index contributed by atoms with van der Waals surface area (Å²) in [6, 6.07) is -1.24. The van der Waals surface area contributed by atoms with Crippen LogP contribution in [0.3, 0.4) is 0 Å². The van der Waals surface area contributed by atoms with E-state index in [4.69, 9.17) is 93.0 Å². The molecule has 0 saturated heterocycles. The second-order valence-corrected chi connectivity index (χ2v) is 18.5.